The van der Waals surface area contributed by atoms with Gasteiger partial charge in [-0.25, -0.2) is 0 Å². The van der Waals surface area contributed by atoms with Gasteiger partial charge >= 0.3 is 0 Å². The zero-order valence-electron chi connectivity index (χ0n) is 26.5. The Hall–Kier alpha value is -2.68. The summed E-state index contributed by atoms with van der Waals surface area (Å²) < 4.78 is 0. The summed E-state index contributed by atoms with van der Waals surface area (Å²) in [6, 6.07) is 20.4. The Morgan fingerprint density at radius 2 is 1.80 bits per heavy atom. The van der Waals surface area contributed by atoms with Crippen molar-refractivity contribution in [1.29, 1.82) is 0 Å². The second kappa shape index (κ2) is 18.7. The molecule has 0 radical (unpaired) electrons. The predicted octanol–water partition coefficient (Wildman–Crippen LogP) is 9.72. The van der Waals surface area contributed by atoms with Crippen LogP contribution < -0.4 is 0 Å². The first kappa shape index (κ1) is 32.8. The molecule has 41 heavy (non-hydrogen) atoms. The van der Waals surface area contributed by atoms with E-state index in [9.17, 15) is 0 Å². The van der Waals surface area contributed by atoms with Crippen LogP contribution in [-0.4, -0.2) is 49.1 Å². The molecule has 2 heteroatoms. The van der Waals surface area contributed by atoms with Gasteiger partial charge in [0.1, 0.15) is 0 Å². The largest absolute Gasteiger partial charge is 0.304 e. The van der Waals surface area contributed by atoms with E-state index >= 15 is 0 Å². The molecular formula is C39H56N2. The van der Waals surface area contributed by atoms with E-state index in [-0.39, 0.29) is 0 Å². The lowest BCUT2D eigenvalue weighted by Crippen LogP contribution is -2.39. The number of unbranched alkanes of at least 4 members (excludes halogenated alkanes) is 1. The summed E-state index contributed by atoms with van der Waals surface area (Å²) in [6.45, 7) is 20.0. The summed E-state index contributed by atoms with van der Waals surface area (Å²) in [7, 11) is 0. The van der Waals surface area contributed by atoms with Crippen molar-refractivity contribution in [1.82, 2.24) is 9.80 Å². The molecule has 0 bridgehead atoms. The van der Waals surface area contributed by atoms with Crippen LogP contribution in [0.15, 0.2) is 97.1 Å². The molecule has 1 aliphatic heterocycles. The minimum absolute atomic E-state index is 0.414. The molecule has 222 valence electrons. The van der Waals surface area contributed by atoms with Gasteiger partial charge in [-0.3, -0.25) is 0 Å². The molecule has 2 unspecified atom stereocenters. The fourth-order valence-electron chi connectivity index (χ4n) is 6.27. The highest BCUT2D eigenvalue weighted by Crippen LogP contribution is 2.31. The number of likely N-dealkylation sites (tertiary alicyclic amines) is 1. The van der Waals surface area contributed by atoms with E-state index in [1.165, 1.54) is 79.6 Å². The Bertz CT molecular complexity index is 1110. The van der Waals surface area contributed by atoms with Gasteiger partial charge in [-0.1, -0.05) is 119 Å². The van der Waals surface area contributed by atoms with Crippen molar-refractivity contribution < 1.29 is 0 Å². The highest BCUT2D eigenvalue weighted by Gasteiger charge is 2.25. The maximum Gasteiger partial charge on any atom is 0.0217 e. The van der Waals surface area contributed by atoms with Crippen molar-refractivity contribution in [2.24, 2.45) is 5.92 Å². The SMILES string of the molecule is C=C(CCCCN(CC)CC)c1cccc(CC2CCCN(CC(C3=CC=CCC=C3)c3ccccc3)C2)c1.CC. The molecule has 1 aliphatic carbocycles. The second-order valence-corrected chi connectivity index (χ2v) is 11.5. The zero-order chi connectivity index (χ0) is 29.3. The number of hydrogen-bond donors (Lipinski definition) is 0. The Balaban J connectivity index is 0.00000226. The van der Waals surface area contributed by atoms with Gasteiger partial charge < -0.3 is 9.80 Å². The van der Waals surface area contributed by atoms with Crippen molar-refractivity contribution in [2.75, 3.05) is 39.3 Å². The van der Waals surface area contributed by atoms with Gasteiger partial charge in [0.05, 0.1) is 0 Å². The van der Waals surface area contributed by atoms with E-state index in [1.54, 1.807) is 0 Å². The first-order chi connectivity index (χ1) is 20.2. The minimum atomic E-state index is 0.414. The Labute approximate surface area is 252 Å². The molecule has 0 saturated carbocycles. The molecule has 2 aromatic carbocycles. The molecule has 0 spiro atoms. The van der Waals surface area contributed by atoms with Gasteiger partial charge in [0.2, 0.25) is 0 Å². The van der Waals surface area contributed by atoms with E-state index in [4.69, 9.17) is 0 Å². The smallest absolute Gasteiger partial charge is 0.0217 e. The van der Waals surface area contributed by atoms with Gasteiger partial charge in [-0.2, -0.15) is 0 Å². The van der Waals surface area contributed by atoms with Gasteiger partial charge in [0.25, 0.3) is 0 Å². The van der Waals surface area contributed by atoms with Gasteiger partial charge in [0.15, 0.2) is 0 Å². The molecular weight excluding hydrogens is 496 g/mol. The molecule has 0 aromatic heterocycles. The van der Waals surface area contributed by atoms with Crippen LogP contribution >= 0.6 is 0 Å². The Kier molecular flexibility index (Phi) is 15.0. The minimum Gasteiger partial charge on any atom is -0.304 e. The molecule has 2 nitrogen and oxygen atoms in total. The lowest BCUT2D eigenvalue weighted by Gasteiger charge is -2.35. The molecule has 1 fully saturated rings. The van der Waals surface area contributed by atoms with Crippen LogP contribution in [0.1, 0.15) is 88.8 Å². The van der Waals surface area contributed by atoms with Crippen molar-refractivity contribution in [3.8, 4) is 0 Å². The maximum atomic E-state index is 4.46. The summed E-state index contributed by atoms with van der Waals surface area (Å²) in [6.07, 6.45) is 19.8. The van der Waals surface area contributed by atoms with Crippen LogP contribution in [-0.2, 0) is 6.42 Å². The van der Waals surface area contributed by atoms with Crippen molar-refractivity contribution in [2.45, 2.75) is 78.6 Å². The van der Waals surface area contributed by atoms with Crippen molar-refractivity contribution in [3.05, 3.63) is 114 Å². The number of piperidine rings is 1. The fraction of sp³-hybridized carbons (Fsp3) is 0.487. The molecule has 1 heterocycles. The Morgan fingerprint density at radius 3 is 2.59 bits per heavy atom. The molecule has 2 aromatic rings. The first-order valence-electron chi connectivity index (χ1n) is 16.5. The summed E-state index contributed by atoms with van der Waals surface area (Å²) in [4.78, 5) is 5.24. The summed E-state index contributed by atoms with van der Waals surface area (Å²) in [5.74, 6) is 1.13. The normalized spacial score (nSPS) is 17.9. The molecule has 0 N–H and O–H groups in total. The average molecular weight is 553 g/mol. The fourth-order valence-corrected chi connectivity index (χ4v) is 6.27. The zero-order valence-corrected chi connectivity index (χ0v) is 26.5. The van der Waals surface area contributed by atoms with Crippen LogP contribution in [0.25, 0.3) is 5.57 Å². The van der Waals surface area contributed by atoms with Crippen molar-refractivity contribution >= 4 is 5.57 Å². The molecule has 2 aliphatic rings. The molecule has 2 atom stereocenters. The predicted molar refractivity (Wildman–Crippen MR) is 181 cm³/mol. The lowest BCUT2D eigenvalue weighted by atomic mass is 9.87. The standard InChI is InChI=1S/C37H50N2.C2H6/c1-4-38(5-2)25-14-13-17-31(3)36-24-15-18-32(28-36)27-33-19-16-26-39(29-33)30-37(35-22-11-8-12-23-35)34-20-9-6-7-10-21-34;1-2/h6,8-12,15,18,20-24,28,33,37H,3-5,7,13-14,16-17,19,25-27,29-30H2,1-2H3;1-2H3. The van der Waals surface area contributed by atoms with Crippen LogP contribution in [0.3, 0.4) is 0 Å². The van der Waals surface area contributed by atoms with Crippen LogP contribution in [0.4, 0.5) is 0 Å². The van der Waals surface area contributed by atoms with Gasteiger partial charge in [-0.05, 0) is 105 Å². The third-order valence-corrected chi connectivity index (χ3v) is 8.61. The number of nitrogens with zero attached hydrogens (tertiary/aromatic N) is 2. The lowest BCUT2D eigenvalue weighted by molar-refractivity contribution is 0.169. The average Bonchev–Trinajstić information content (AvgIpc) is 3.31. The summed E-state index contributed by atoms with van der Waals surface area (Å²) in [5, 5.41) is 0. The van der Waals surface area contributed by atoms with E-state index in [2.05, 4.69) is 115 Å². The number of allylic oxidation sites excluding steroid dienone is 6. The van der Waals surface area contributed by atoms with Crippen molar-refractivity contribution in [3.63, 3.8) is 0 Å². The van der Waals surface area contributed by atoms with Crippen LogP contribution in [0.5, 0.6) is 0 Å². The van der Waals surface area contributed by atoms with Gasteiger partial charge in [-0.15, -0.1) is 0 Å². The molecule has 0 amide bonds. The third-order valence-electron chi connectivity index (χ3n) is 8.61. The van der Waals surface area contributed by atoms with E-state index < -0.39 is 0 Å². The van der Waals surface area contributed by atoms with Crippen LogP contribution in [0, 0.1) is 5.92 Å². The maximum absolute atomic E-state index is 4.46. The molecule has 4 rings (SSSR count). The number of benzene rings is 2. The first-order valence-corrected chi connectivity index (χ1v) is 16.5. The summed E-state index contributed by atoms with van der Waals surface area (Å²) >= 11 is 0. The van der Waals surface area contributed by atoms with E-state index in [1.807, 2.05) is 13.8 Å². The summed E-state index contributed by atoms with van der Waals surface area (Å²) in [5.41, 5.74) is 6.97. The highest BCUT2D eigenvalue weighted by molar-refractivity contribution is 5.63. The number of hydrogen-bond acceptors (Lipinski definition) is 2. The highest BCUT2D eigenvalue weighted by atomic mass is 15.1. The topological polar surface area (TPSA) is 6.48 Å². The number of rotatable bonds is 14. The van der Waals surface area contributed by atoms with E-state index in [0.29, 0.717) is 11.8 Å². The van der Waals surface area contributed by atoms with Crippen LogP contribution in [0.2, 0.25) is 0 Å². The Morgan fingerprint density at radius 1 is 1.00 bits per heavy atom. The second-order valence-electron chi connectivity index (χ2n) is 11.5. The quantitative estimate of drug-likeness (QED) is 0.215. The van der Waals surface area contributed by atoms with E-state index in [0.717, 1.165) is 32.5 Å². The molecule has 1 saturated heterocycles. The third kappa shape index (κ3) is 10.9. The monoisotopic (exact) mass is 552 g/mol. The van der Waals surface area contributed by atoms with Gasteiger partial charge in [0, 0.05) is 19.0 Å².